The van der Waals surface area contributed by atoms with Gasteiger partial charge in [0.25, 0.3) is 0 Å². The lowest BCUT2D eigenvalue weighted by Gasteiger charge is -2.09. The monoisotopic (exact) mass is 304 g/mol. The summed E-state index contributed by atoms with van der Waals surface area (Å²) in [6.07, 6.45) is 0. The lowest BCUT2D eigenvalue weighted by Crippen LogP contribution is -2.11. The second-order valence-corrected chi connectivity index (χ2v) is 6.08. The van der Waals surface area contributed by atoms with E-state index in [4.69, 9.17) is 9.84 Å². The van der Waals surface area contributed by atoms with E-state index in [2.05, 4.69) is 0 Å². The van der Waals surface area contributed by atoms with Gasteiger partial charge in [-0.25, -0.2) is 4.79 Å². The second kappa shape index (κ2) is 7.04. The van der Waals surface area contributed by atoms with Gasteiger partial charge in [0, 0.05) is 4.90 Å². The third kappa shape index (κ3) is 4.16. The van der Waals surface area contributed by atoms with E-state index in [1.807, 2.05) is 31.2 Å². The largest absolute Gasteiger partial charge is 0.492 e. The molecule has 0 aliphatic carbocycles. The number of carbonyl (C=O) groups is 1. The standard InChI is InChI=1S/C16H16O4S/c1-12-6-8-13(9-7-12)21(19)11-10-20-15-5-3-2-4-14(15)16(17)18/h2-9H,10-11H2,1H3,(H,17,18). The van der Waals surface area contributed by atoms with Gasteiger partial charge in [-0.15, -0.1) is 0 Å². The van der Waals surface area contributed by atoms with Crippen molar-refractivity contribution < 1.29 is 18.8 Å². The minimum Gasteiger partial charge on any atom is -0.492 e. The number of hydrogen-bond acceptors (Lipinski definition) is 3. The molecule has 0 aromatic heterocycles. The van der Waals surface area contributed by atoms with Crippen LogP contribution in [0.25, 0.3) is 0 Å². The number of para-hydroxylation sites is 1. The molecule has 5 heteroatoms. The summed E-state index contributed by atoms with van der Waals surface area (Å²) in [4.78, 5) is 11.8. The number of rotatable bonds is 6. The highest BCUT2D eigenvalue weighted by Crippen LogP contribution is 2.18. The van der Waals surface area contributed by atoms with Crippen molar-refractivity contribution in [3.8, 4) is 5.75 Å². The normalized spacial score (nSPS) is 11.9. The Balaban J connectivity index is 1.94. The summed E-state index contributed by atoms with van der Waals surface area (Å²) < 4.78 is 17.5. The molecule has 0 amide bonds. The van der Waals surface area contributed by atoms with Gasteiger partial charge < -0.3 is 9.84 Å². The summed E-state index contributed by atoms with van der Waals surface area (Å²) in [6, 6.07) is 13.9. The predicted octanol–water partition coefficient (Wildman–Crippen LogP) is 2.88. The number of aryl methyl sites for hydroxylation is 1. The molecule has 2 rings (SSSR count). The van der Waals surface area contributed by atoms with Crippen LogP contribution in [0.15, 0.2) is 53.4 Å². The summed E-state index contributed by atoms with van der Waals surface area (Å²) >= 11 is 0. The first-order valence-corrected chi connectivity index (χ1v) is 7.80. The molecule has 110 valence electrons. The molecule has 0 aliphatic rings. The molecule has 0 saturated carbocycles. The zero-order chi connectivity index (χ0) is 15.2. The van der Waals surface area contributed by atoms with E-state index >= 15 is 0 Å². The molecule has 0 bridgehead atoms. The number of hydrogen-bond donors (Lipinski definition) is 1. The van der Waals surface area contributed by atoms with Crippen LogP contribution in [0.1, 0.15) is 15.9 Å². The quantitative estimate of drug-likeness (QED) is 0.891. The smallest absolute Gasteiger partial charge is 0.339 e. The molecule has 0 fully saturated rings. The van der Waals surface area contributed by atoms with Gasteiger partial charge in [-0.3, -0.25) is 4.21 Å². The molecule has 2 aromatic carbocycles. The fourth-order valence-corrected chi connectivity index (χ4v) is 2.71. The number of aromatic carboxylic acids is 1. The molecule has 0 heterocycles. The topological polar surface area (TPSA) is 63.6 Å². The molecule has 0 saturated heterocycles. The first-order chi connectivity index (χ1) is 10.1. The molecule has 2 aromatic rings. The molecule has 1 unspecified atom stereocenters. The minimum absolute atomic E-state index is 0.110. The average Bonchev–Trinajstić information content (AvgIpc) is 2.48. The maximum atomic E-state index is 12.1. The summed E-state index contributed by atoms with van der Waals surface area (Å²) in [5.41, 5.74) is 1.22. The second-order valence-electron chi connectivity index (χ2n) is 4.51. The molecular weight excluding hydrogens is 288 g/mol. The molecular formula is C16H16O4S. The highest BCUT2D eigenvalue weighted by Gasteiger charge is 2.10. The Labute approximate surface area is 125 Å². The number of benzene rings is 2. The van der Waals surface area contributed by atoms with Crippen LogP contribution in [0, 0.1) is 6.92 Å². The van der Waals surface area contributed by atoms with Crippen LogP contribution in [-0.4, -0.2) is 27.6 Å². The van der Waals surface area contributed by atoms with E-state index in [0.717, 1.165) is 10.5 Å². The zero-order valence-corrected chi connectivity index (χ0v) is 12.4. The molecule has 0 spiro atoms. The van der Waals surface area contributed by atoms with E-state index in [9.17, 15) is 9.00 Å². The lowest BCUT2D eigenvalue weighted by molar-refractivity contribution is 0.0692. The Kier molecular flexibility index (Phi) is 5.11. The maximum absolute atomic E-state index is 12.1. The molecule has 0 aliphatic heterocycles. The molecule has 0 radical (unpaired) electrons. The lowest BCUT2D eigenvalue weighted by atomic mass is 10.2. The van der Waals surface area contributed by atoms with Crippen molar-refractivity contribution in [1.29, 1.82) is 0 Å². The van der Waals surface area contributed by atoms with Crippen molar-refractivity contribution in [3.05, 3.63) is 59.7 Å². The average molecular weight is 304 g/mol. The Morgan fingerprint density at radius 3 is 2.48 bits per heavy atom. The van der Waals surface area contributed by atoms with Gasteiger partial charge in [0.1, 0.15) is 17.9 Å². The van der Waals surface area contributed by atoms with E-state index in [1.165, 1.54) is 6.07 Å². The summed E-state index contributed by atoms with van der Waals surface area (Å²) in [6.45, 7) is 2.17. The van der Waals surface area contributed by atoms with Crippen LogP contribution in [0.2, 0.25) is 0 Å². The van der Waals surface area contributed by atoms with Crippen LogP contribution in [0.5, 0.6) is 5.75 Å². The van der Waals surface area contributed by atoms with Crippen molar-refractivity contribution in [1.82, 2.24) is 0 Å². The Morgan fingerprint density at radius 2 is 1.81 bits per heavy atom. The van der Waals surface area contributed by atoms with Crippen LogP contribution in [-0.2, 0) is 10.8 Å². The van der Waals surface area contributed by atoms with Gasteiger partial charge in [0.05, 0.1) is 16.6 Å². The number of carboxylic acids is 1. The molecule has 1 N–H and O–H groups in total. The first kappa shape index (κ1) is 15.3. The Hall–Kier alpha value is -2.14. The van der Waals surface area contributed by atoms with E-state index in [0.29, 0.717) is 11.5 Å². The first-order valence-electron chi connectivity index (χ1n) is 6.48. The van der Waals surface area contributed by atoms with Crippen molar-refractivity contribution in [2.45, 2.75) is 11.8 Å². The third-order valence-electron chi connectivity index (χ3n) is 2.93. The van der Waals surface area contributed by atoms with Gasteiger partial charge in [0.2, 0.25) is 0 Å². The van der Waals surface area contributed by atoms with Gasteiger partial charge in [-0.1, -0.05) is 29.8 Å². The van der Waals surface area contributed by atoms with E-state index < -0.39 is 16.8 Å². The Bertz CT molecular complexity index is 650. The molecule has 21 heavy (non-hydrogen) atoms. The fraction of sp³-hybridized carbons (Fsp3) is 0.188. The summed E-state index contributed by atoms with van der Waals surface area (Å²) in [7, 11) is -1.16. The number of ether oxygens (including phenoxy) is 1. The van der Waals surface area contributed by atoms with Gasteiger partial charge in [0.15, 0.2) is 0 Å². The van der Waals surface area contributed by atoms with Crippen LogP contribution >= 0.6 is 0 Å². The Morgan fingerprint density at radius 1 is 1.14 bits per heavy atom. The van der Waals surface area contributed by atoms with E-state index in [1.54, 1.807) is 18.2 Å². The SMILES string of the molecule is Cc1ccc(S(=O)CCOc2ccccc2C(=O)O)cc1. The van der Waals surface area contributed by atoms with Gasteiger partial charge in [-0.05, 0) is 31.2 Å². The maximum Gasteiger partial charge on any atom is 0.339 e. The highest BCUT2D eigenvalue weighted by molar-refractivity contribution is 7.85. The van der Waals surface area contributed by atoms with Crippen LogP contribution < -0.4 is 4.74 Å². The van der Waals surface area contributed by atoms with Crippen molar-refractivity contribution in [2.24, 2.45) is 0 Å². The van der Waals surface area contributed by atoms with Crippen LogP contribution in [0.4, 0.5) is 0 Å². The zero-order valence-electron chi connectivity index (χ0n) is 11.6. The van der Waals surface area contributed by atoms with Gasteiger partial charge >= 0.3 is 5.97 Å². The van der Waals surface area contributed by atoms with Crippen molar-refractivity contribution in [3.63, 3.8) is 0 Å². The highest BCUT2D eigenvalue weighted by atomic mass is 32.2. The van der Waals surface area contributed by atoms with Crippen LogP contribution in [0.3, 0.4) is 0 Å². The predicted molar refractivity (Wildman–Crippen MR) is 81.4 cm³/mol. The number of carboxylic acid groups (broad SMARTS) is 1. The molecule has 1 atom stereocenters. The van der Waals surface area contributed by atoms with Crippen molar-refractivity contribution in [2.75, 3.05) is 12.4 Å². The molecule has 4 nitrogen and oxygen atoms in total. The van der Waals surface area contributed by atoms with Crippen molar-refractivity contribution >= 4 is 16.8 Å². The van der Waals surface area contributed by atoms with Gasteiger partial charge in [-0.2, -0.15) is 0 Å². The fourth-order valence-electron chi connectivity index (χ4n) is 1.80. The summed E-state index contributed by atoms with van der Waals surface area (Å²) in [5.74, 6) is -0.423. The van der Waals surface area contributed by atoms with E-state index in [-0.39, 0.29) is 12.2 Å². The summed E-state index contributed by atoms with van der Waals surface area (Å²) in [5, 5.41) is 9.04. The minimum atomic E-state index is -1.16. The third-order valence-corrected chi connectivity index (χ3v) is 4.26.